The highest BCUT2D eigenvalue weighted by atomic mass is 32.2. The highest BCUT2D eigenvalue weighted by Crippen LogP contribution is 2.32. The van der Waals surface area contributed by atoms with Gasteiger partial charge in [-0.3, -0.25) is 4.79 Å². The smallest absolute Gasteiger partial charge is 0.243 e. The fraction of sp³-hybridized carbons (Fsp3) is 0.435. The van der Waals surface area contributed by atoms with Crippen LogP contribution in [0.25, 0.3) is 11.1 Å². The molecule has 0 aliphatic carbocycles. The van der Waals surface area contributed by atoms with E-state index in [9.17, 15) is 17.6 Å². The van der Waals surface area contributed by atoms with Crippen molar-refractivity contribution in [2.75, 3.05) is 13.2 Å². The zero-order valence-corrected chi connectivity index (χ0v) is 18.3. The van der Waals surface area contributed by atoms with Crippen LogP contribution in [0.15, 0.2) is 48.5 Å². The number of sulfonamides is 1. The molecule has 2 bridgehead atoms. The second kappa shape index (κ2) is 8.96. The van der Waals surface area contributed by atoms with Crippen molar-refractivity contribution in [2.45, 2.75) is 50.2 Å². The van der Waals surface area contributed by atoms with E-state index in [0.29, 0.717) is 25.8 Å². The summed E-state index contributed by atoms with van der Waals surface area (Å²) in [5.41, 5.74) is 0.909. The molecule has 4 rings (SSSR count). The topological polar surface area (TPSA) is 75.7 Å². The van der Waals surface area contributed by atoms with Crippen LogP contribution >= 0.6 is 0 Å². The Balaban J connectivity index is 1.73. The van der Waals surface area contributed by atoms with Crippen molar-refractivity contribution in [1.82, 2.24) is 9.62 Å². The number of hydrogen-bond donors (Lipinski definition) is 1. The molecule has 0 radical (unpaired) electrons. The van der Waals surface area contributed by atoms with Gasteiger partial charge in [0.25, 0.3) is 0 Å². The van der Waals surface area contributed by atoms with Crippen molar-refractivity contribution < 1.29 is 22.3 Å². The van der Waals surface area contributed by atoms with Gasteiger partial charge in [0, 0.05) is 18.2 Å². The summed E-state index contributed by atoms with van der Waals surface area (Å²) >= 11 is 0. The molecule has 6 nitrogen and oxygen atoms in total. The minimum Gasteiger partial charge on any atom is -0.492 e. The number of ether oxygens (including phenoxy) is 1. The molecule has 166 valence electrons. The number of carbonyl (C=O) groups is 1. The van der Waals surface area contributed by atoms with E-state index in [0.717, 1.165) is 29.4 Å². The van der Waals surface area contributed by atoms with Crippen molar-refractivity contribution in [2.24, 2.45) is 0 Å². The number of halogens is 1. The maximum absolute atomic E-state index is 13.7. The Bertz CT molecular complexity index is 1060. The molecule has 1 amide bonds. The second-order valence-electron chi connectivity index (χ2n) is 8.11. The number of benzene rings is 2. The summed E-state index contributed by atoms with van der Waals surface area (Å²) in [6.07, 6.45) is 1.88. The molecule has 2 aliphatic rings. The van der Waals surface area contributed by atoms with Crippen molar-refractivity contribution >= 4 is 15.9 Å². The maximum Gasteiger partial charge on any atom is 0.243 e. The molecule has 2 aromatic rings. The van der Waals surface area contributed by atoms with E-state index >= 15 is 0 Å². The fourth-order valence-corrected chi connectivity index (χ4v) is 5.28. The first-order chi connectivity index (χ1) is 14.8. The number of carbonyl (C=O) groups excluding carboxylic acids is 1. The average Bonchev–Trinajstić information content (AvgIpc) is 2.74. The second-order valence-corrected chi connectivity index (χ2v) is 10.1. The standard InChI is InChI=1S/C23H27FN2O4S/c1-16(24)31(28,29)25-20-9-5-12-26-21(20)15-17-6-4-7-18(14-17)19-8-2-3-10-22(19)30-13-11-23(26)27/h2-4,6-8,10,14,16,20-21,25H,5,9,11-13,15H2,1H3/t16-,20-,21-/m0/s1. The lowest BCUT2D eigenvalue weighted by atomic mass is 9.90. The zero-order chi connectivity index (χ0) is 22.0. The van der Waals surface area contributed by atoms with Gasteiger partial charge in [-0.05, 0) is 43.4 Å². The van der Waals surface area contributed by atoms with Crippen LogP contribution in [-0.2, 0) is 21.2 Å². The number of fused-ring (bicyclic) bond motifs is 5. The van der Waals surface area contributed by atoms with Crippen molar-refractivity contribution in [3.8, 4) is 16.9 Å². The van der Waals surface area contributed by atoms with Crippen molar-refractivity contribution in [3.05, 3.63) is 54.1 Å². The van der Waals surface area contributed by atoms with E-state index in [4.69, 9.17) is 4.74 Å². The predicted octanol–water partition coefficient (Wildman–Crippen LogP) is 3.27. The Morgan fingerprint density at radius 3 is 2.81 bits per heavy atom. The lowest BCUT2D eigenvalue weighted by Crippen LogP contribution is -2.58. The summed E-state index contributed by atoms with van der Waals surface area (Å²) < 4.78 is 46.6. The lowest BCUT2D eigenvalue weighted by molar-refractivity contribution is -0.136. The molecule has 1 saturated heterocycles. The Morgan fingerprint density at radius 2 is 2.00 bits per heavy atom. The normalized spacial score (nSPS) is 22.9. The Labute approximate surface area is 182 Å². The molecule has 0 spiro atoms. The minimum absolute atomic E-state index is 0.0867. The van der Waals surface area contributed by atoms with Gasteiger partial charge >= 0.3 is 0 Å². The molecule has 3 atom stereocenters. The maximum atomic E-state index is 13.7. The van der Waals surface area contributed by atoms with E-state index in [1.54, 1.807) is 4.90 Å². The molecule has 0 saturated carbocycles. The van der Waals surface area contributed by atoms with Gasteiger partial charge in [0.1, 0.15) is 5.75 Å². The summed E-state index contributed by atoms with van der Waals surface area (Å²) in [6, 6.07) is 14.8. The quantitative estimate of drug-likeness (QED) is 0.785. The van der Waals surface area contributed by atoms with Gasteiger partial charge in [0.2, 0.25) is 21.4 Å². The number of para-hydroxylation sites is 1. The first-order valence-electron chi connectivity index (χ1n) is 10.6. The van der Waals surface area contributed by atoms with Crippen LogP contribution in [0.5, 0.6) is 5.75 Å². The molecule has 2 aromatic carbocycles. The summed E-state index contributed by atoms with van der Waals surface area (Å²) in [7, 11) is -4.11. The largest absolute Gasteiger partial charge is 0.492 e. The molecular formula is C23H27FN2O4S. The van der Waals surface area contributed by atoms with Crippen molar-refractivity contribution in [3.63, 3.8) is 0 Å². The Hall–Kier alpha value is -2.45. The third-order valence-electron chi connectivity index (χ3n) is 5.99. The van der Waals surface area contributed by atoms with Crippen LogP contribution in [0, 0.1) is 0 Å². The monoisotopic (exact) mass is 446 g/mol. The molecule has 31 heavy (non-hydrogen) atoms. The predicted molar refractivity (Wildman–Crippen MR) is 117 cm³/mol. The van der Waals surface area contributed by atoms with Gasteiger partial charge in [-0.2, -0.15) is 0 Å². The van der Waals surface area contributed by atoms with E-state index < -0.39 is 21.6 Å². The van der Waals surface area contributed by atoms with E-state index in [1.807, 2.05) is 48.5 Å². The van der Waals surface area contributed by atoms with Gasteiger partial charge in [-0.25, -0.2) is 17.5 Å². The Morgan fingerprint density at radius 1 is 1.19 bits per heavy atom. The van der Waals surface area contributed by atoms with Crippen LogP contribution in [0.3, 0.4) is 0 Å². The number of nitrogens with zero attached hydrogens (tertiary/aromatic N) is 1. The number of hydrogen-bond acceptors (Lipinski definition) is 4. The zero-order valence-electron chi connectivity index (χ0n) is 17.5. The molecular weight excluding hydrogens is 419 g/mol. The highest BCUT2D eigenvalue weighted by molar-refractivity contribution is 7.89. The molecule has 1 fully saturated rings. The number of nitrogens with one attached hydrogen (secondary N) is 1. The van der Waals surface area contributed by atoms with Crippen LogP contribution in [0.2, 0.25) is 0 Å². The minimum atomic E-state index is -4.11. The van der Waals surface area contributed by atoms with E-state index in [2.05, 4.69) is 4.72 Å². The highest BCUT2D eigenvalue weighted by Gasteiger charge is 2.37. The van der Waals surface area contributed by atoms with Gasteiger partial charge in [-0.15, -0.1) is 0 Å². The van der Waals surface area contributed by atoms with Gasteiger partial charge in [-0.1, -0.05) is 42.5 Å². The SMILES string of the molecule is C[C@@H](F)S(=O)(=O)N[C@H]1CCCN2C(=O)CCOc3ccccc3-c3cccc(c3)C[C@@H]12. The van der Waals surface area contributed by atoms with Crippen LogP contribution in [0.4, 0.5) is 4.39 Å². The first-order valence-corrected chi connectivity index (χ1v) is 12.2. The molecule has 0 unspecified atom stereocenters. The molecule has 2 aliphatic heterocycles. The number of rotatable bonds is 3. The van der Waals surface area contributed by atoms with Gasteiger partial charge in [0.05, 0.1) is 19.1 Å². The summed E-state index contributed by atoms with van der Waals surface area (Å²) in [5, 5.41) is 0. The third kappa shape index (κ3) is 4.75. The van der Waals surface area contributed by atoms with Gasteiger partial charge in [0.15, 0.2) is 0 Å². The lowest BCUT2D eigenvalue weighted by Gasteiger charge is -2.42. The van der Waals surface area contributed by atoms with E-state index in [-0.39, 0.29) is 25.0 Å². The fourth-order valence-electron chi connectivity index (χ4n) is 4.39. The summed E-state index contributed by atoms with van der Waals surface area (Å²) in [4.78, 5) is 14.8. The molecule has 8 heteroatoms. The number of amides is 1. The molecule has 0 aromatic heterocycles. The molecule has 2 heterocycles. The number of alkyl halides is 1. The van der Waals surface area contributed by atoms with Gasteiger partial charge < -0.3 is 9.64 Å². The van der Waals surface area contributed by atoms with Crippen LogP contribution in [-0.4, -0.2) is 50.0 Å². The van der Waals surface area contributed by atoms with E-state index in [1.165, 1.54) is 0 Å². The van der Waals surface area contributed by atoms with Crippen LogP contribution < -0.4 is 9.46 Å². The molecule has 1 N–H and O–H groups in total. The summed E-state index contributed by atoms with van der Waals surface area (Å²) in [5.74, 6) is 0.641. The number of piperidine rings is 1. The summed E-state index contributed by atoms with van der Waals surface area (Å²) in [6.45, 7) is 1.78. The van der Waals surface area contributed by atoms with Crippen LogP contribution in [0.1, 0.15) is 31.7 Å². The van der Waals surface area contributed by atoms with Crippen molar-refractivity contribution in [1.29, 1.82) is 0 Å². The first kappa shape index (κ1) is 21.8. The third-order valence-corrected chi connectivity index (χ3v) is 7.47. The average molecular weight is 447 g/mol. The Kier molecular flexibility index (Phi) is 6.29.